The summed E-state index contributed by atoms with van der Waals surface area (Å²) in [6, 6.07) is 4.24. The third kappa shape index (κ3) is 7.36. The molecule has 1 aromatic rings. The number of morpholine rings is 1. The van der Waals surface area contributed by atoms with Crippen LogP contribution in [0.5, 0.6) is 0 Å². The van der Waals surface area contributed by atoms with E-state index in [4.69, 9.17) is 10.5 Å². The second kappa shape index (κ2) is 10.5. The molecule has 1 saturated heterocycles. The van der Waals surface area contributed by atoms with Gasteiger partial charge < -0.3 is 15.8 Å². The average Bonchev–Trinajstić information content (AvgIpc) is 3.06. The van der Waals surface area contributed by atoms with E-state index in [1.807, 2.05) is 0 Å². The van der Waals surface area contributed by atoms with Crippen molar-refractivity contribution in [2.24, 2.45) is 10.7 Å². The van der Waals surface area contributed by atoms with E-state index in [9.17, 15) is 0 Å². The molecule has 0 saturated carbocycles. The zero-order chi connectivity index (χ0) is 15.8. The highest BCUT2D eigenvalue weighted by Crippen LogP contribution is 2.27. The molecule has 0 radical (unpaired) electrons. The Morgan fingerprint density at radius 2 is 2.17 bits per heavy atom. The van der Waals surface area contributed by atoms with Crippen molar-refractivity contribution in [3.63, 3.8) is 0 Å². The second-order valence-corrected chi connectivity index (χ2v) is 7.24. The van der Waals surface area contributed by atoms with Crippen molar-refractivity contribution < 1.29 is 4.74 Å². The van der Waals surface area contributed by atoms with E-state index in [1.54, 1.807) is 11.3 Å². The highest BCUT2D eigenvalue weighted by molar-refractivity contribution is 14.0. The number of aliphatic imine (C=N–C) groups is 1. The summed E-state index contributed by atoms with van der Waals surface area (Å²) in [5.41, 5.74) is 6.00. The number of guanidine groups is 1. The van der Waals surface area contributed by atoms with Gasteiger partial charge in [-0.2, -0.15) is 0 Å². The maximum absolute atomic E-state index is 5.96. The molecule has 1 fully saturated rings. The molecule has 1 aliphatic rings. The Balaban J connectivity index is 0.00000264. The van der Waals surface area contributed by atoms with E-state index in [0.29, 0.717) is 12.5 Å². The van der Waals surface area contributed by atoms with Crippen LogP contribution in [0.2, 0.25) is 0 Å². The van der Waals surface area contributed by atoms with Gasteiger partial charge in [0.15, 0.2) is 5.96 Å². The number of rotatable bonds is 7. The molecule has 0 aliphatic carbocycles. The maximum Gasteiger partial charge on any atom is 0.188 e. The smallest absolute Gasteiger partial charge is 0.188 e. The standard InChI is InChI=1S/C16H28N4OS.HI/c1-16(2,14-5-3-12-22-14)13-19-15(17)18-6-4-7-20-8-10-21-11-9-20;/h3,5,12H,4,6-11,13H2,1-2H3,(H3,17,18,19);1H. The Kier molecular flexibility index (Phi) is 9.41. The molecule has 1 aromatic heterocycles. The summed E-state index contributed by atoms with van der Waals surface area (Å²) < 4.78 is 5.34. The van der Waals surface area contributed by atoms with Crippen molar-refractivity contribution in [1.82, 2.24) is 10.2 Å². The van der Waals surface area contributed by atoms with Crippen LogP contribution in [0.3, 0.4) is 0 Å². The summed E-state index contributed by atoms with van der Waals surface area (Å²) in [7, 11) is 0. The lowest BCUT2D eigenvalue weighted by Crippen LogP contribution is -2.39. The molecule has 132 valence electrons. The highest BCUT2D eigenvalue weighted by atomic mass is 127. The Bertz CT molecular complexity index is 459. The number of ether oxygens (including phenoxy) is 1. The molecule has 1 aliphatic heterocycles. The van der Waals surface area contributed by atoms with Gasteiger partial charge in [-0.25, -0.2) is 0 Å². The van der Waals surface area contributed by atoms with Gasteiger partial charge in [0.25, 0.3) is 0 Å². The van der Waals surface area contributed by atoms with Crippen LogP contribution in [0.25, 0.3) is 0 Å². The lowest BCUT2D eigenvalue weighted by molar-refractivity contribution is 0.0376. The third-order valence-corrected chi connectivity index (χ3v) is 5.13. The van der Waals surface area contributed by atoms with Crippen LogP contribution in [0.4, 0.5) is 0 Å². The van der Waals surface area contributed by atoms with Gasteiger partial charge in [0.2, 0.25) is 0 Å². The topological polar surface area (TPSA) is 62.9 Å². The van der Waals surface area contributed by atoms with Gasteiger partial charge in [0.1, 0.15) is 0 Å². The molecule has 0 atom stereocenters. The lowest BCUT2D eigenvalue weighted by Gasteiger charge is -2.26. The van der Waals surface area contributed by atoms with Crippen LogP contribution in [-0.4, -0.2) is 56.8 Å². The van der Waals surface area contributed by atoms with Crippen LogP contribution < -0.4 is 11.1 Å². The monoisotopic (exact) mass is 452 g/mol. The fraction of sp³-hybridized carbons (Fsp3) is 0.688. The fourth-order valence-corrected chi connectivity index (χ4v) is 3.27. The molecule has 7 heteroatoms. The molecule has 2 heterocycles. The van der Waals surface area contributed by atoms with Crippen LogP contribution in [0.15, 0.2) is 22.5 Å². The number of nitrogens with two attached hydrogens (primary N) is 1. The van der Waals surface area contributed by atoms with Crippen LogP contribution in [-0.2, 0) is 10.2 Å². The zero-order valence-electron chi connectivity index (χ0n) is 14.1. The minimum Gasteiger partial charge on any atom is -0.379 e. The first-order valence-corrected chi connectivity index (χ1v) is 8.84. The SMILES string of the molecule is CC(C)(CN=C(N)NCCCN1CCOCC1)c1cccs1.I. The third-order valence-electron chi connectivity index (χ3n) is 3.89. The fourth-order valence-electron chi connectivity index (χ4n) is 2.42. The van der Waals surface area contributed by atoms with E-state index < -0.39 is 0 Å². The van der Waals surface area contributed by atoms with Gasteiger partial charge in [-0.05, 0) is 24.4 Å². The second-order valence-electron chi connectivity index (χ2n) is 6.30. The summed E-state index contributed by atoms with van der Waals surface area (Å²) in [5, 5.41) is 5.32. The molecule has 0 bridgehead atoms. The molecule has 3 N–H and O–H groups in total. The predicted octanol–water partition coefficient (Wildman–Crippen LogP) is 2.27. The average molecular weight is 452 g/mol. The molecule has 0 amide bonds. The molecule has 23 heavy (non-hydrogen) atoms. The molecular weight excluding hydrogens is 423 g/mol. The minimum absolute atomic E-state index is 0. The van der Waals surface area contributed by atoms with Crippen molar-refractivity contribution in [1.29, 1.82) is 0 Å². The van der Waals surface area contributed by atoms with Crippen molar-refractivity contribution in [2.75, 3.05) is 45.9 Å². The first-order chi connectivity index (χ1) is 10.6. The number of nitrogens with zero attached hydrogens (tertiary/aromatic N) is 2. The Morgan fingerprint density at radius 3 is 2.83 bits per heavy atom. The predicted molar refractivity (Wildman–Crippen MR) is 109 cm³/mol. The van der Waals surface area contributed by atoms with Crippen molar-refractivity contribution >= 4 is 41.3 Å². The highest BCUT2D eigenvalue weighted by Gasteiger charge is 2.21. The van der Waals surface area contributed by atoms with E-state index >= 15 is 0 Å². The quantitative estimate of drug-likeness (QED) is 0.289. The van der Waals surface area contributed by atoms with Gasteiger partial charge in [-0.15, -0.1) is 35.3 Å². The Labute approximate surface area is 160 Å². The van der Waals surface area contributed by atoms with Gasteiger partial charge in [0, 0.05) is 29.9 Å². The number of thiophene rings is 1. The largest absolute Gasteiger partial charge is 0.379 e. The first-order valence-electron chi connectivity index (χ1n) is 7.96. The van der Waals surface area contributed by atoms with Crippen molar-refractivity contribution in [3.05, 3.63) is 22.4 Å². The molecule has 2 rings (SSSR count). The first kappa shape index (κ1) is 20.7. The summed E-state index contributed by atoms with van der Waals surface area (Å²) in [4.78, 5) is 8.27. The van der Waals surface area contributed by atoms with Gasteiger partial charge in [0.05, 0.1) is 19.8 Å². The minimum atomic E-state index is 0. The van der Waals surface area contributed by atoms with Crippen LogP contribution in [0, 0.1) is 0 Å². The van der Waals surface area contributed by atoms with Crippen LogP contribution >= 0.6 is 35.3 Å². The van der Waals surface area contributed by atoms with Gasteiger partial charge in [-0.1, -0.05) is 19.9 Å². The van der Waals surface area contributed by atoms with Gasteiger partial charge in [-0.3, -0.25) is 9.89 Å². The normalized spacial score (nSPS) is 16.9. The lowest BCUT2D eigenvalue weighted by atomic mass is 9.92. The van der Waals surface area contributed by atoms with E-state index in [-0.39, 0.29) is 29.4 Å². The molecule has 0 aromatic carbocycles. The molecule has 0 unspecified atom stereocenters. The molecule has 5 nitrogen and oxygen atoms in total. The summed E-state index contributed by atoms with van der Waals surface area (Å²) >= 11 is 1.77. The summed E-state index contributed by atoms with van der Waals surface area (Å²) in [6.45, 7) is 10.9. The summed E-state index contributed by atoms with van der Waals surface area (Å²) in [6.07, 6.45) is 1.07. The Morgan fingerprint density at radius 1 is 1.43 bits per heavy atom. The number of nitrogens with one attached hydrogen (secondary N) is 1. The van der Waals surface area contributed by atoms with Crippen LogP contribution in [0.1, 0.15) is 25.1 Å². The molecule has 0 spiro atoms. The number of halogens is 1. The van der Waals surface area contributed by atoms with E-state index in [1.165, 1.54) is 4.88 Å². The maximum atomic E-state index is 5.96. The zero-order valence-corrected chi connectivity index (χ0v) is 17.2. The van der Waals surface area contributed by atoms with Crippen molar-refractivity contribution in [2.45, 2.75) is 25.7 Å². The number of hydrogen-bond donors (Lipinski definition) is 2. The number of hydrogen-bond acceptors (Lipinski definition) is 4. The van der Waals surface area contributed by atoms with E-state index in [2.05, 4.69) is 46.6 Å². The van der Waals surface area contributed by atoms with Gasteiger partial charge >= 0.3 is 0 Å². The van der Waals surface area contributed by atoms with Crippen molar-refractivity contribution in [3.8, 4) is 0 Å². The van der Waals surface area contributed by atoms with E-state index in [0.717, 1.165) is 45.8 Å². The summed E-state index contributed by atoms with van der Waals surface area (Å²) in [5.74, 6) is 0.548. The Hall–Kier alpha value is -0.380. The molecular formula is C16H29IN4OS.